The van der Waals surface area contributed by atoms with Gasteiger partial charge < -0.3 is 19.7 Å². The molecule has 0 unspecified atom stereocenters. The van der Waals surface area contributed by atoms with Crippen LogP contribution < -0.4 is 20.9 Å². The molecule has 0 bridgehead atoms. The number of aromatic amines is 2. The Morgan fingerprint density at radius 3 is 2.31 bits per heavy atom. The van der Waals surface area contributed by atoms with Gasteiger partial charge >= 0.3 is 5.69 Å². The zero-order chi connectivity index (χ0) is 27.6. The minimum atomic E-state index is -3.70. The highest BCUT2D eigenvalue weighted by atomic mass is 32.2. The number of ether oxygens (including phenoxy) is 1. The third-order valence-corrected chi connectivity index (χ3v) is 8.56. The molecule has 0 aliphatic carbocycles. The van der Waals surface area contributed by atoms with Gasteiger partial charge in [-0.1, -0.05) is 6.92 Å². The average molecular weight is 555 g/mol. The molecule has 1 aliphatic heterocycles. The highest BCUT2D eigenvalue weighted by Crippen LogP contribution is 2.25. The maximum Gasteiger partial charge on any atom is 0.330 e. The molecule has 1 fully saturated rings. The van der Waals surface area contributed by atoms with Crippen molar-refractivity contribution in [2.24, 2.45) is 0 Å². The number of hydrogen-bond acceptors (Lipinski definition) is 8. The molecule has 13 heteroatoms. The molecule has 12 nitrogen and oxygen atoms in total. The number of hydrogen-bond donors (Lipinski definition) is 3. The summed E-state index contributed by atoms with van der Waals surface area (Å²) in [6.07, 6.45) is 0.634. The summed E-state index contributed by atoms with van der Waals surface area (Å²) in [5, 5.41) is 8.88. The van der Waals surface area contributed by atoms with Gasteiger partial charge in [0.15, 0.2) is 5.65 Å². The van der Waals surface area contributed by atoms with Crippen LogP contribution in [0.4, 0.5) is 5.69 Å². The lowest BCUT2D eigenvalue weighted by molar-refractivity contribution is 0.201. The molecule has 206 valence electrons. The molecule has 39 heavy (non-hydrogen) atoms. The highest BCUT2D eigenvalue weighted by Gasteiger charge is 2.28. The van der Waals surface area contributed by atoms with Gasteiger partial charge in [0.2, 0.25) is 10.0 Å². The fourth-order valence-electron chi connectivity index (χ4n) is 4.62. The second kappa shape index (κ2) is 11.0. The number of aromatic nitrogens is 4. The summed E-state index contributed by atoms with van der Waals surface area (Å²) in [4.78, 5) is 37.1. The maximum absolute atomic E-state index is 13.3. The van der Waals surface area contributed by atoms with Crippen LogP contribution >= 0.6 is 0 Å². The minimum Gasteiger partial charge on any atom is -0.491 e. The van der Waals surface area contributed by atoms with Gasteiger partial charge in [0.1, 0.15) is 23.7 Å². The van der Waals surface area contributed by atoms with E-state index in [1.807, 2.05) is 31.2 Å². The van der Waals surface area contributed by atoms with E-state index in [0.717, 1.165) is 10.3 Å². The first-order valence-electron chi connectivity index (χ1n) is 12.7. The number of piperazine rings is 1. The molecule has 5 rings (SSSR count). The number of sulfonamides is 1. The number of nitrogens with zero attached hydrogens (tertiary/aromatic N) is 4. The Morgan fingerprint density at radius 2 is 1.67 bits per heavy atom. The smallest absolute Gasteiger partial charge is 0.330 e. The van der Waals surface area contributed by atoms with Crippen LogP contribution in [0.3, 0.4) is 0 Å². The molecular weight excluding hydrogens is 524 g/mol. The summed E-state index contributed by atoms with van der Waals surface area (Å²) in [5.74, 6) is 1.03. The fraction of sp³-hybridized carbons (Fsp3) is 0.346. The third-order valence-electron chi connectivity index (χ3n) is 6.65. The molecule has 0 saturated carbocycles. The number of aliphatic hydroxyl groups is 1. The van der Waals surface area contributed by atoms with Gasteiger partial charge in [-0.25, -0.2) is 18.2 Å². The Morgan fingerprint density at radius 1 is 0.974 bits per heavy atom. The van der Waals surface area contributed by atoms with Crippen LogP contribution in [0.15, 0.2) is 63.0 Å². The standard InChI is InChI=1S/C26H30N6O6S/c1-2-11-32-25(34)22-24(29-26(32)35)28-23(27-22)18-3-9-21(10-4-18)39(36,37)31-14-12-30(13-15-31)19-5-7-20(8-6-19)38-17-16-33/h3-10,33H,2,11-17H2,1H3,(H,27,28)(H,29,35). The molecule has 2 aromatic carbocycles. The van der Waals surface area contributed by atoms with Crippen molar-refractivity contribution < 1.29 is 18.3 Å². The second-order valence-electron chi connectivity index (χ2n) is 9.18. The number of fused-ring (bicyclic) bond motifs is 1. The van der Waals surface area contributed by atoms with Gasteiger partial charge in [-0.05, 0) is 55.0 Å². The van der Waals surface area contributed by atoms with Crippen LogP contribution in [0.2, 0.25) is 0 Å². The summed E-state index contributed by atoms with van der Waals surface area (Å²) in [6, 6.07) is 13.8. The largest absolute Gasteiger partial charge is 0.491 e. The Kier molecular flexibility index (Phi) is 7.55. The molecule has 3 heterocycles. The van der Waals surface area contributed by atoms with Gasteiger partial charge in [-0.15, -0.1) is 0 Å². The van der Waals surface area contributed by atoms with E-state index in [1.165, 1.54) is 16.4 Å². The Labute approximate surface area is 224 Å². The summed E-state index contributed by atoms with van der Waals surface area (Å²) in [7, 11) is -3.70. The van der Waals surface area contributed by atoms with E-state index in [9.17, 15) is 18.0 Å². The number of aliphatic hydroxyl groups excluding tert-OH is 1. The molecule has 2 aromatic heterocycles. The van der Waals surface area contributed by atoms with Gasteiger partial charge in [-0.2, -0.15) is 4.31 Å². The van der Waals surface area contributed by atoms with Crippen molar-refractivity contribution in [2.45, 2.75) is 24.8 Å². The monoisotopic (exact) mass is 554 g/mol. The Hall–Kier alpha value is -3.94. The molecular formula is C26H30N6O6S. The van der Waals surface area contributed by atoms with Crippen LogP contribution in [0, 0.1) is 0 Å². The van der Waals surface area contributed by atoms with E-state index in [4.69, 9.17) is 9.84 Å². The van der Waals surface area contributed by atoms with E-state index >= 15 is 0 Å². The van der Waals surface area contributed by atoms with Gasteiger partial charge in [0, 0.05) is 44.0 Å². The molecule has 0 spiro atoms. The van der Waals surface area contributed by atoms with E-state index < -0.39 is 21.3 Å². The topological polar surface area (TPSA) is 154 Å². The summed E-state index contributed by atoms with van der Waals surface area (Å²) in [5.41, 5.74) is 0.955. The lowest BCUT2D eigenvalue weighted by Gasteiger charge is -2.35. The maximum atomic E-state index is 13.3. The number of H-pyrrole nitrogens is 2. The first kappa shape index (κ1) is 26.7. The van der Waals surface area contributed by atoms with E-state index in [0.29, 0.717) is 56.3 Å². The van der Waals surface area contributed by atoms with Crippen LogP contribution in [-0.2, 0) is 16.6 Å². The number of rotatable bonds is 9. The van der Waals surface area contributed by atoms with Crippen LogP contribution in [0.5, 0.6) is 5.75 Å². The lowest BCUT2D eigenvalue weighted by Crippen LogP contribution is -2.48. The molecule has 1 aliphatic rings. The van der Waals surface area contributed by atoms with Crippen molar-refractivity contribution in [2.75, 3.05) is 44.3 Å². The van der Waals surface area contributed by atoms with E-state index in [1.54, 1.807) is 12.1 Å². The average Bonchev–Trinajstić information content (AvgIpc) is 3.39. The molecule has 1 saturated heterocycles. The summed E-state index contributed by atoms with van der Waals surface area (Å²) >= 11 is 0. The molecule has 0 amide bonds. The van der Waals surface area contributed by atoms with Crippen LogP contribution in [0.1, 0.15) is 13.3 Å². The van der Waals surface area contributed by atoms with Crippen molar-refractivity contribution in [3.63, 3.8) is 0 Å². The van der Waals surface area contributed by atoms with Gasteiger partial charge in [0.05, 0.1) is 11.5 Å². The van der Waals surface area contributed by atoms with E-state index in [-0.39, 0.29) is 29.3 Å². The number of anilines is 1. The van der Waals surface area contributed by atoms with Gasteiger partial charge in [-0.3, -0.25) is 14.3 Å². The highest BCUT2D eigenvalue weighted by molar-refractivity contribution is 7.89. The van der Waals surface area contributed by atoms with Crippen molar-refractivity contribution in [1.82, 2.24) is 23.8 Å². The van der Waals surface area contributed by atoms with Crippen molar-refractivity contribution in [1.29, 1.82) is 0 Å². The summed E-state index contributed by atoms with van der Waals surface area (Å²) < 4.78 is 34.6. The first-order chi connectivity index (χ1) is 18.8. The number of imidazole rings is 1. The molecule has 0 atom stereocenters. The molecule has 0 radical (unpaired) electrons. The van der Waals surface area contributed by atoms with Crippen molar-refractivity contribution >= 4 is 26.9 Å². The number of nitrogens with one attached hydrogen (secondary N) is 2. The molecule has 4 aromatic rings. The van der Waals surface area contributed by atoms with Crippen molar-refractivity contribution in [3.8, 4) is 17.1 Å². The SMILES string of the molecule is CCCn1c(=O)[nH]c2nc(-c3ccc(S(=O)(=O)N4CCN(c5ccc(OCCO)cc5)CC4)cc3)[nH]c2c1=O. The fourth-order valence-corrected chi connectivity index (χ4v) is 6.04. The van der Waals surface area contributed by atoms with Gasteiger partial charge in [0.25, 0.3) is 5.56 Å². The van der Waals surface area contributed by atoms with Crippen LogP contribution in [0.25, 0.3) is 22.6 Å². The quantitative estimate of drug-likeness (QED) is 0.280. The predicted molar refractivity (Wildman–Crippen MR) is 147 cm³/mol. The van der Waals surface area contributed by atoms with Crippen molar-refractivity contribution in [3.05, 3.63) is 69.4 Å². The third kappa shape index (κ3) is 5.33. The zero-order valence-corrected chi connectivity index (χ0v) is 22.3. The normalized spacial score (nSPS) is 14.7. The molecule has 3 N–H and O–H groups in total. The minimum absolute atomic E-state index is 0.0513. The predicted octanol–water partition coefficient (Wildman–Crippen LogP) is 1.37. The summed E-state index contributed by atoms with van der Waals surface area (Å²) in [6.45, 7) is 4.12. The first-order valence-corrected chi connectivity index (χ1v) is 14.2. The Balaban J connectivity index is 1.28. The second-order valence-corrected chi connectivity index (χ2v) is 11.1. The number of benzene rings is 2. The van der Waals surface area contributed by atoms with Crippen LogP contribution in [-0.4, -0.2) is 76.7 Å². The lowest BCUT2D eigenvalue weighted by atomic mass is 10.2. The zero-order valence-electron chi connectivity index (χ0n) is 21.5. The van der Waals surface area contributed by atoms with E-state index in [2.05, 4.69) is 19.9 Å². The Bertz CT molecular complexity index is 1670.